The molecule has 2 bridgehead atoms. The van der Waals surface area contributed by atoms with Gasteiger partial charge in [-0.2, -0.15) is 0 Å². The number of carbonyl (C=O) groups excluding carboxylic acids is 2. The fraction of sp³-hybridized carbons (Fsp3) is 0.632. The Morgan fingerprint density at radius 1 is 1.26 bits per heavy atom. The molecule has 0 spiro atoms. The number of hydrogen-bond donors (Lipinski definition) is 2. The van der Waals surface area contributed by atoms with Crippen molar-refractivity contribution in [3.05, 3.63) is 30.1 Å². The molecule has 4 fully saturated rings. The van der Waals surface area contributed by atoms with E-state index in [-0.39, 0.29) is 35.9 Å². The molecule has 4 aliphatic rings. The van der Waals surface area contributed by atoms with Crippen LogP contribution in [0.1, 0.15) is 30.9 Å². The Bertz CT molecular complexity index is 685. The minimum Gasteiger partial charge on any atom is -0.383 e. The molecule has 1 aromatic heterocycles. The maximum absolute atomic E-state index is 13.1. The molecule has 27 heavy (non-hydrogen) atoms. The number of amides is 2. The Kier molecular flexibility index (Phi) is 5.38. The number of ether oxygens (including phenoxy) is 1. The number of nitrogens with zero attached hydrogens (tertiary/aromatic N) is 3. The lowest BCUT2D eigenvalue weighted by molar-refractivity contribution is -0.140. The summed E-state index contributed by atoms with van der Waals surface area (Å²) in [6.07, 6.45) is 6.04. The van der Waals surface area contributed by atoms with Crippen molar-refractivity contribution in [3.8, 4) is 0 Å². The highest BCUT2D eigenvalue weighted by Gasteiger charge is 2.43. The molecular formula is C19H27N5O3. The van der Waals surface area contributed by atoms with E-state index in [4.69, 9.17) is 4.74 Å². The number of hydrogen-bond acceptors (Lipinski definition) is 6. The van der Waals surface area contributed by atoms with E-state index in [1.807, 2.05) is 21.9 Å². The second-order valence-electron chi connectivity index (χ2n) is 7.61. The molecule has 2 N–H and O–H groups in total. The standard InChI is InChI=1S/C19H27N5O3/c1-27-9-8-24-15-3-2-14(18(24)25)11-23(12-15)19(26)17-10-16(21-22-17)13-4-6-20-7-5-13/h4-7,14-17,21-22H,2-3,8-12H2,1H3/t14-,15+,16?,17?/m1/s1. The normalized spacial score (nSPS) is 30.6. The molecule has 5 rings (SSSR count). The third-order valence-electron chi connectivity index (χ3n) is 5.95. The molecule has 146 valence electrons. The number of hydrazine groups is 1. The average molecular weight is 373 g/mol. The van der Waals surface area contributed by atoms with Crippen LogP contribution in [0.4, 0.5) is 0 Å². The highest BCUT2D eigenvalue weighted by Crippen LogP contribution is 2.30. The number of fused-ring (bicyclic) bond motifs is 4. The lowest BCUT2D eigenvalue weighted by Crippen LogP contribution is -2.50. The third-order valence-corrected chi connectivity index (χ3v) is 5.95. The van der Waals surface area contributed by atoms with Gasteiger partial charge in [-0.15, -0.1) is 0 Å². The topological polar surface area (TPSA) is 86.8 Å². The van der Waals surface area contributed by atoms with E-state index >= 15 is 0 Å². The summed E-state index contributed by atoms with van der Waals surface area (Å²) >= 11 is 0. The first-order valence-corrected chi connectivity index (χ1v) is 9.66. The zero-order valence-corrected chi connectivity index (χ0v) is 15.6. The largest absolute Gasteiger partial charge is 0.383 e. The van der Waals surface area contributed by atoms with Crippen LogP contribution in [0.3, 0.4) is 0 Å². The molecule has 4 aliphatic heterocycles. The summed E-state index contributed by atoms with van der Waals surface area (Å²) in [5, 5.41) is 0. The Morgan fingerprint density at radius 3 is 2.85 bits per heavy atom. The third kappa shape index (κ3) is 3.69. The van der Waals surface area contributed by atoms with E-state index in [1.165, 1.54) is 0 Å². The summed E-state index contributed by atoms with van der Waals surface area (Å²) in [4.78, 5) is 33.7. The number of pyridine rings is 1. The van der Waals surface area contributed by atoms with Crippen LogP contribution in [-0.4, -0.2) is 72.0 Å². The summed E-state index contributed by atoms with van der Waals surface area (Å²) in [5.41, 5.74) is 7.49. The van der Waals surface area contributed by atoms with E-state index in [2.05, 4.69) is 15.8 Å². The molecule has 0 aliphatic carbocycles. The number of carbonyl (C=O) groups is 2. The fourth-order valence-corrected chi connectivity index (χ4v) is 4.46. The SMILES string of the molecule is COCCN1C(=O)[C@@H]2CC[C@H]1CN(C(=O)C1CC(c3ccncc3)NN1)C2. The minimum atomic E-state index is -0.275. The highest BCUT2D eigenvalue weighted by atomic mass is 16.5. The van der Waals surface area contributed by atoms with Crippen LogP contribution < -0.4 is 10.9 Å². The van der Waals surface area contributed by atoms with Crippen LogP contribution >= 0.6 is 0 Å². The average Bonchev–Trinajstić information content (AvgIpc) is 3.04. The van der Waals surface area contributed by atoms with Crippen molar-refractivity contribution in [1.82, 2.24) is 25.6 Å². The number of aromatic nitrogens is 1. The van der Waals surface area contributed by atoms with Crippen molar-refractivity contribution in [2.24, 2.45) is 5.92 Å². The Labute approximate surface area is 159 Å². The monoisotopic (exact) mass is 373 g/mol. The quantitative estimate of drug-likeness (QED) is 0.761. The van der Waals surface area contributed by atoms with Crippen molar-refractivity contribution >= 4 is 11.8 Å². The van der Waals surface area contributed by atoms with E-state index in [0.717, 1.165) is 18.4 Å². The van der Waals surface area contributed by atoms with Gasteiger partial charge in [-0.3, -0.25) is 14.6 Å². The molecule has 0 aromatic carbocycles. The summed E-state index contributed by atoms with van der Waals surface area (Å²) in [6.45, 7) is 2.27. The molecule has 8 nitrogen and oxygen atoms in total. The van der Waals surface area contributed by atoms with Crippen LogP contribution in [0.2, 0.25) is 0 Å². The van der Waals surface area contributed by atoms with Crippen molar-refractivity contribution in [3.63, 3.8) is 0 Å². The molecule has 0 saturated carbocycles. The second kappa shape index (κ2) is 7.92. The zero-order chi connectivity index (χ0) is 18.8. The molecule has 5 heterocycles. The first-order valence-electron chi connectivity index (χ1n) is 9.66. The molecule has 0 radical (unpaired) electrons. The molecular weight excluding hydrogens is 346 g/mol. The first-order chi connectivity index (χ1) is 13.2. The summed E-state index contributed by atoms with van der Waals surface area (Å²) in [7, 11) is 1.65. The van der Waals surface area contributed by atoms with Crippen molar-refractivity contribution in [2.75, 3.05) is 33.4 Å². The van der Waals surface area contributed by atoms with Gasteiger partial charge >= 0.3 is 0 Å². The number of rotatable bonds is 5. The van der Waals surface area contributed by atoms with Gasteiger partial charge in [0.25, 0.3) is 0 Å². The van der Waals surface area contributed by atoms with Gasteiger partial charge in [0.2, 0.25) is 11.8 Å². The van der Waals surface area contributed by atoms with Gasteiger partial charge in [0.05, 0.1) is 12.5 Å². The Hall–Kier alpha value is -2.03. The zero-order valence-electron chi connectivity index (χ0n) is 15.6. The molecule has 8 heteroatoms. The molecule has 4 saturated heterocycles. The van der Waals surface area contributed by atoms with E-state index < -0.39 is 0 Å². The molecule has 1 aromatic rings. The molecule has 4 atom stereocenters. The van der Waals surface area contributed by atoms with Crippen molar-refractivity contribution in [2.45, 2.75) is 37.4 Å². The van der Waals surface area contributed by atoms with Crippen LogP contribution in [0.5, 0.6) is 0 Å². The van der Waals surface area contributed by atoms with E-state index in [0.29, 0.717) is 32.7 Å². The van der Waals surface area contributed by atoms with Crippen LogP contribution in [0.15, 0.2) is 24.5 Å². The predicted octanol–water partition coefficient (Wildman–Crippen LogP) is 0.0850. The van der Waals surface area contributed by atoms with Gasteiger partial charge in [-0.1, -0.05) is 0 Å². The maximum atomic E-state index is 13.1. The van der Waals surface area contributed by atoms with Gasteiger partial charge in [-0.25, -0.2) is 10.9 Å². The lowest BCUT2D eigenvalue weighted by Gasteiger charge is -2.35. The fourth-order valence-electron chi connectivity index (χ4n) is 4.46. The van der Waals surface area contributed by atoms with Crippen LogP contribution in [0, 0.1) is 5.92 Å². The van der Waals surface area contributed by atoms with E-state index in [1.54, 1.807) is 19.5 Å². The summed E-state index contributed by atoms with van der Waals surface area (Å²) in [5.74, 6) is 0.165. The van der Waals surface area contributed by atoms with Crippen LogP contribution in [0.25, 0.3) is 0 Å². The van der Waals surface area contributed by atoms with Crippen molar-refractivity contribution in [1.29, 1.82) is 0 Å². The minimum absolute atomic E-state index is 0.0809. The predicted molar refractivity (Wildman–Crippen MR) is 98.3 cm³/mol. The van der Waals surface area contributed by atoms with Gasteiger partial charge in [-0.05, 0) is 37.0 Å². The Morgan fingerprint density at radius 2 is 2.07 bits per heavy atom. The highest BCUT2D eigenvalue weighted by molar-refractivity contribution is 5.85. The lowest BCUT2D eigenvalue weighted by atomic mass is 9.94. The van der Waals surface area contributed by atoms with Gasteiger partial charge in [0.1, 0.15) is 6.04 Å². The van der Waals surface area contributed by atoms with Gasteiger partial charge in [0, 0.05) is 51.2 Å². The van der Waals surface area contributed by atoms with Gasteiger partial charge < -0.3 is 14.5 Å². The maximum Gasteiger partial charge on any atom is 0.241 e. The molecule has 2 amide bonds. The van der Waals surface area contributed by atoms with Crippen LogP contribution in [-0.2, 0) is 14.3 Å². The van der Waals surface area contributed by atoms with Crippen molar-refractivity contribution < 1.29 is 14.3 Å². The Balaban J connectivity index is 1.42. The number of methoxy groups -OCH3 is 1. The smallest absolute Gasteiger partial charge is 0.241 e. The second-order valence-corrected chi connectivity index (χ2v) is 7.61. The summed E-state index contributed by atoms with van der Waals surface area (Å²) < 4.78 is 5.15. The summed E-state index contributed by atoms with van der Waals surface area (Å²) in [6, 6.07) is 3.84. The molecule has 2 unspecified atom stereocenters. The first kappa shape index (κ1) is 18.3. The number of nitrogens with one attached hydrogen (secondary N) is 2. The number of piperidine rings is 1. The van der Waals surface area contributed by atoms with Gasteiger partial charge in [0.15, 0.2) is 0 Å². The van der Waals surface area contributed by atoms with E-state index in [9.17, 15) is 9.59 Å².